The molecule has 0 aliphatic rings. The number of fused-ring (bicyclic) bond motifs is 2. The van der Waals surface area contributed by atoms with Gasteiger partial charge in [0.25, 0.3) is 5.91 Å². The zero-order valence-electron chi connectivity index (χ0n) is 26.6. The van der Waals surface area contributed by atoms with E-state index in [1.165, 1.54) is 0 Å². The zero-order chi connectivity index (χ0) is 33.3. The van der Waals surface area contributed by atoms with Crippen molar-refractivity contribution in [1.82, 2.24) is 15.2 Å². The molecule has 0 saturated carbocycles. The first-order valence-electron chi connectivity index (χ1n) is 15.3. The van der Waals surface area contributed by atoms with Gasteiger partial charge in [-0.25, -0.2) is 9.78 Å². The Kier molecular flexibility index (Phi) is 11.4. The van der Waals surface area contributed by atoms with Crippen LogP contribution in [0.15, 0.2) is 84.9 Å². The summed E-state index contributed by atoms with van der Waals surface area (Å²) >= 11 is 11.9. The molecule has 5 rings (SSSR count). The van der Waals surface area contributed by atoms with Crippen LogP contribution < -0.4 is 25.6 Å². The molecule has 47 heavy (non-hydrogen) atoms. The second-order valence-electron chi connectivity index (χ2n) is 11.3. The standard InChI is InChI=1S/C36H38Cl2N6O3/c1-24-11-12-25(23-32(24)42-36(46)47-27-15-13-26(14-16-27)44(20-17-37)21-18-38)40-33-28-7-4-5-10-31(28)41-34-29(33)8-6-9-30(34)35(45)39-19-22-43(2)3/h4-16,23H,17-22H2,1-3H3,(H,39,45)(H,40,41)(H,42,46). The van der Waals surface area contributed by atoms with Crippen LogP contribution in [0.4, 0.5) is 27.5 Å². The molecule has 0 radical (unpaired) electrons. The minimum atomic E-state index is -0.610. The lowest BCUT2D eigenvalue weighted by Gasteiger charge is -2.22. The van der Waals surface area contributed by atoms with Crippen LogP contribution in [0.25, 0.3) is 21.8 Å². The quantitative estimate of drug-likeness (QED) is 0.0874. The van der Waals surface area contributed by atoms with E-state index < -0.39 is 6.09 Å². The number of carbonyl (C=O) groups is 2. The zero-order valence-corrected chi connectivity index (χ0v) is 28.2. The number of alkyl halides is 2. The van der Waals surface area contributed by atoms with Crippen molar-refractivity contribution < 1.29 is 14.3 Å². The van der Waals surface area contributed by atoms with Crippen molar-refractivity contribution >= 4 is 79.8 Å². The monoisotopic (exact) mass is 672 g/mol. The SMILES string of the molecule is Cc1ccc(Nc2c3ccccc3nc3c(C(=O)NCCN(C)C)cccc23)cc1NC(=O)Oc1ccc(N(CCCl)CCCl)cc1. The molecule has 2 amide bonds. The number of nitrogens with zero attached hydrogens (tertiary/aromatic N) is 3. The number of ether oxygens (including phenoxy) is 1. The van der Waals surface area contributed by atoms with Crippen LogP contribution in [-0.4, -0.2) is 73.9 Å². The van der Waals surface area contributed by atoms with Gasteiger partial charge in [0.2, 0.25) is 0 Å². The summed E-state index contributed by atoms with van der Waals surface area (Å²) in [6.45, 7) is 4.49. The van der Waals surface area contributed by atoms with Crippen molar-refractivity contribution in [3.8, 4) is 5.75 Å². The van der Waals surface area contributed by atoms with Crippen molar-refractivity contribution in [2.24, 2.45) is 0 Å². The molecule has 0 aliphatic carbocycles. The Bertz CT molecular complexity index is 1860. The number of pyridine rings is 1. The maximum atomic E-state index is 13.2. The van der Waals surface area contributed by atoms with Crippen LogP contribution in [0.2, 0.25) is 0 Å². The molecule has 0 saturated heterocycles. The van der Waals surface area contributed by atoms with Crippen LogP contribution in [-0.2, 0) is 0 Å². The minimum Gasteiger partial charge on any atom is -0.410 e. The molecule has 0 aliphatic heterocycles. The van der Waals surface area contributed by atoms with Crippen molar-refractivity contribution in [3.63, 3.8) is 0 Å². The van der Waals surface area contributed by atoms with Crippen LogP contribution >= 0.6 is 23.2 Å². The third kappa shape index (κ3) is 8.43. The van der Waals surface area contributed by atoms with E-state index in [2.05, 4.69) is 20.9 Å². The lowest BCUT2D eigenvalue weighted by atomic mass is 10.0. The Morgan fingerprint density at radius 1 is 0.851 bits per heavy atom. The predicted octanol–water partition coefficient (Wildman–Crippen LogP) is 7.63. The van der Waals surface area contributed by atoms with Crippen LogP contribution in [0, 0.1) is 6.92 Å². The van der Waals surface area contributed by atoms with Gasteiger partial charge in [0, 0.05) is 65.8 Å². The summed E-state index contributed by atoms with van der Waals surface area (Å²) in [4.78, 5) is 35.1. The number of aromatic nitrogens is 1. The summed E-state index contributed by atoms with van der Waals surface area (Å²) in [5.74, 6) is 1.19. The summed E-state index contributed by atoms with van der Waals surface area (Å²) in [6, 6.07) is 26.4. The van der Waals surface area contributed by atoms with Gasteiger partial charge >= 0.3 is 6.09 Å². The number of aryl methyl sites for hydroxylation is 1. The smallest absolute Gasteiger partial charge is 0.410 e. The molecule has 0 bridgehead atoms. The van der Waals surface area contributed by atoms with Gasteiger partial charge in [-0.15, -0.1) is 23.2 Å². The first-order chi connectivity index (χ1) is 22.8. The lowest BCUT2D eigenvalue weighted by molar-refractivity contribution is 0.0952. The van der Waals surface area contributed by atoms with Crippen molar-refractivity contribution in [2.75, 3.05) is 67.6 Å². The van der Waals surface area contributed by atoms with Gasteiger partial charge in [-0.3, -0.25) is 10.1 Å². The Morgan fingerprint density at radius 2 is 1.57 bits per heavy atom. The molecule has 1 heterocycles. The summed E-state index contributed by atoms with van der Waals surface area (Å²) in [5.41, 5.74) is 5.81. The van der Waals surface area contributed by atoms with Gasteiger partial charge in [-0.05, 0) is 75.1 Å². The van der Waals surface area contributed by atoms with E-state index in [0.29, 0.717) is 53.9 Å². The number of hydrogen-bond donors (Lipinski definition) is 3. The van der Waals surface area contributed by atoms with Crippen molar-refractivity contribution in [3.05, 3.63) is 96.1 Å². The van der Waals surface area contributed by atoms with E-state index in [0.717, 1.165) is 45.5 Å². The Labute approximate surface area is 284 Å². The number of rotatable bonds is 13. The van der Waals surface area contributed by atoms with E-state index >= 15 is 0 Å². The predicted molar refractivity (Wildman–Crippen MR) is 194 cm³/mol. The molecule has 1 aromatic heterocycles. The second-order valence-corrected chi connectivity index (χ2v) is 12.0. The van der Waals surface area contributed by atoms with E-state index in [9.17, 15) is 9.59 Å². The number of hydrogen-bond acceptors (Lipinski definition) is 7. The molecule has 4 aromatic carbocycles. The fraction of sp³-hybridized carbons (Fsp3) is 0.250. The Hall–Kier alpha value is -4.57. The molecule has 244 valence electrons. The van der Waals surface area contributed by atoms with Crippen molar-refractivity contribution in [2.45, 2.75) is 6.92 Å². The van der Waals surface area contributed by atoms with Gasteiger partial charge in [-0.1, -0.05) is 36.4 Å². The number of carbonyl (C=O) groups excluding carboxylic acids is 2. The number of halogens is 2. The van der Waals surface area contributed by atoms with E-state index in [1.807, 2.05) is 92.6 Å². The lowest BCUT2D eigenvalue weighted by Crippen LogP contribution is -2.31. The largest absolute Gasteiger partial charge is 0.417 e. The third-order valence-electron chi connectivity index (χ3n) is 7.67. The number of amides is 2. The fourth-order valence-electron chi connectivity index (χ4n) is 5.24. The highest BCUT2D eigenvalue weighted by Gasteiger charge is 2.17. The van der Waals surface area contributed by atoms with Crippen LogP contribution in [0.1, 0.15) is 15.9 Å². The van der Waals surface area contributed by atoms with Crippen molar-refractivity contribution in [1.29, 1.82) is 0 Å². The molecule has 0 spiro atoms. The summed E-state index contributed by atoms with van der Waals surface area (Å²) < 4.78 is 5.59. The molecule has 0 unspecified atom stereocenters. The molecule has 5 aromatic rings. The van der Waals surface area contributed by atoms with E-state index in [1.54, 1.807) is 18.2 Å². The van der Waals surface area contributed by atoms with Crippen LogP contribution in [0.5, 0.6) is 5.75 Å². The number of anilines is 4. The topological polar surface area (TPSA) is 98.8 Å². The van der Waals surface area contributed by atoms with Gasteiger partial charge in [-0.2, -0.15) is 0 Å². The van der Waals surface area contributed by atoms with E-state index in [-0.39, 0.29) is 5.91 Å². The van der Waals surface area contributed by atoms with E-state index in [4.69, 9.17) is 32.9 Å². The third-order valence-corrected chi connectivity index (χ3v) is 8.00. The second kappa shape index (κ2) is 15.8. The normalized spacial score (nSPS) is 11.1. The first kappa shape index (κ1) is 33.8. The molecule has 9 nitrogen and oxygen atoms in total. The number of likely N-dealkylation sites (N-methyl/N-ethyl adjacent to an activating group) is 1. The number of nitrogens with one attached hydrogen (secondary N) is 3. The highest BCUT2D eigenvalue weighted by Crippen LogP contribution is 2.35. The molecular formula is C36H38Cl2N6O3. The summed E-state index contributed by atoms with van der Waals surface area (Å²) in [7, 11) is 3.93. The Balaban J connectivity index is 1.38. The number of benzene rings is 4. The summed E-state index contributed by atoms with van der Waals surface area (Å²) in [5, 5.41) is 11.1. The first-order valence-corrected chi connectivity index (χ1v) is 16.4. The maximum Gasteiger partial charge on any atom is 0.417 e. The highest BCUT2D eigenvalue weighted by molar-refractivity contribution is 6.18. The number of para-hydroxylation sites is 2. The van der Waals surface area contributed by atoms with Gasteiger partial charge < -0.3 is 25.2 Å². The van der Waals surface area contributed by atoms with Gasteiger partial charge in [0.15, 0.2) is 0 Å². The average Bonchev–Trinajstić information content (AvgIpc) is 3.06. The minimum absolute atomic E-state index is 0.177. The fourth-order valence-corrected chi connectivity index (χ4v) is 5.65. The highest BCUT2D eigenvalue weighted by atomic mass is 35.5. The van der Waals surface area contributed by atoms with Gasteiger partial charge in [0.1, 0.15) is 5.75 Å². The molecule has 0 atom stereocenters. The molecule has 3 N–H and O–H groups in total. The molecular weight excluding hydrogens is 635 g/mol. The van der Waals surface area contributed by atoms with Crippen LogP contribution in [0.3, 0.4) is 0 Å². The Morgan fingerprint density at radius 3 is 2.30 bits per heavy atom. The maximum absolute atomic E-state index is 13.2. The summed E-state index contributed by atoms with van der Waals surface area (Å²) in [6.07, 6.45) is -0.610. The molecule has 0 fully saturated rings. The molecule has 11 heteroatoms. The average molecular weight is 674 g/mol. The van der Waals surface area contributed by atoms with Gasteiger partial charge in [0.05, 0.1) is 22.3 Å².